The van der Waals surface area contributed by atoms with E-state index in [0.717, 1.165) is 6.20 Å². The summed E-state index contributed by atoms with van der Waals surface area (Å²) in [4.78, 5) is 43.6. The standard InChI is InChI=1S/C12H11F6N5O6/c13-11(14,15)9(28)19-5(7(24)25)1-4-2-23(22-21-4)3-6(8(26)27)20-10(29)12(16,17)18/h2,5-6H,1,3H2,(H,19,28)(H,20,29)(H,24,25)(H,26,27)/t5-,6-/m0/s1. The molecule has 0 aliphatic rings. The van der Waals surface area contributed by atoms with Gasteiger partial charge in [0, 0.05) is 12.6 Å². The fraction of sp³-hybridized carbons (Fsp3) is 0.500. The molecule has 0 radical (unpaired) electrons. The van der Waals surface area contributed by atoms with Crippen molar-refractivity contribution in [2.45, 2.75) is 37.4 Å². The van der Waals surface area contributed by atoms with Crippen LogP contribution in [0.3, 0.4) is 0 Å². The number of carbonyl (C=O) groups excluding carboxylic acids is 2. The first-order valence-corrected chi connectivity index (χ1v) is 7.21. The lowest BCUT2D eigenvalue weighted by Crippen LogP contribution is -2.48. The monoisotopic (exact) mass is 435 g/mol. The molecule has 1 rings (SSSR count). The number of halogens is 6. The Kier molecular flexibility index (Phi) is 7.12. The molecule has 0 unspecified atom stereocenters. The van der Waals surface area contributed by atoms with Gasteiger partial charge in [-0.1, -0.05) is 5.21 Å². The lowest BCUT2D eigenvalue weighted by Gasteiger charge is -2.15. The molecule has 0 aliphatic heterocycles. The summed E-state index contributed by atoms with van der Waals surface area (Å²) in [7, 11) is 0. The number of aliphatic carboxylic acids is 2. The average molecular weight is 435 g/mol. The molecule has 17 heteroatoms. The molecule has 1 heterocycles. The van der Waals surface area contributed by atoms with Crippen LogP contribution in [-0.2, 0) is 32.1 Å². The fourth-order valence-electron chi connectivity index (χ4n) is 1.78. The van der Waals surface area contributed by atoms with Crippen molar-refractivity contribution in [1.29, 1.82) is 0 Å². The number of carbonyl (C=O) groups is 4. The van der Waals surface area contributed by atoms with E-state index < -0.39 is 61.2 Å². The lowest BCUT2D eigenvalue weighted by atomic mass is 10.1. The minimum Gasteiger partial charge on any atom is -0.480 e. The van der Waals surface area contributed by atoms with Gasteiger partial charge in [0.05, 0.1) is 12.2 Å². The first-order valence-electron chi connectivity index (χ1n) is 7.21. The Morgan fingerprint density at radius 3 is 1.79 bits per heavy atom. The van der Waals surface area contributed by atoms with Crippen molar-refractivity contribution in [1.82, 2.24) is 25.6 Å². The number of amides is 2. The Hall–Kier alpha value is -3.40. The predicted octanol–water partition coefficient (Wildman–Crippen LogP) is -0.916. The van der Waals surface area contributed by atoms with Gasteiger partial charge < -0.3 is 20.8 Å². The van der Waals surface area contributed by atoms with Crippen molar-refractivity contribution >= 4 is 23.8 Å². The number of hydrogen-bond donors (Lipinski definition) is 4. The van der Waals surface area contributed by atoms with E-state index in [-0.39, 0.29) is 5.69 Å². The van der Waals surface area contributed by atoms with Crippen LogP contribution >= 0.6 is 0 Å². The molecule has 4 N–H and O–H groups in total. The summed E-state index contributed by atoms with van der Waals surface area (Å²) >= 11 is 0. The molecule has 0 spiro atoms. The first-order chi connectivity index (χ1) is 13.1. The summed E-state index contributed by atoms with van der Waals surface area (Å²) in [6.45, 7) is -0.864. The number of alkyl halides is 6. The topological polar surface area (TPSA) is 164 Å². The van der Waals surface area contributed by atoms with Crippen LogP contribution < -0.4 is 10.6 Å². The molecule has 29 heavy (non-hydrogen) atoms. The molecule has 2 amide bonds. The quantitative estimate of drug-likeness (QED) is 0.381. The molecule has 1 aromatic heterocycles. The van der Waals surface area contributed by atoms with Crippen LogP contribution in [0.2, 0.25) is 0 Å². The molecule has 2 atom stereocenters. The van der Waals surface area contributed by atoms with E-state index in [4.69, 9.17) is 10.2 Å². The normalized spacial score (nSPS) is 14.0. The number of nitrogens with one attached hydrogen (secondary N) is 2. The van der Waals surface area contributed by atoms with Gasteiger partial charge in [-0.15, -0.1) is 5.10 Å². The second-order valence-corrected chi connectivity index (χ2v) is 5.36. The van der Waals surface area contributed by atoms with E-state index in [1.807, 2.05) is 0 Å². The number of rotatable bonds is 8. The number of aromatic nitrogens is 3. The van der Waals surface area contributed by atoms with Crippen molar-refractivity contribution < 1.29 is 55.7 Å². The Morgan fingerprint density at radius 2 is 1.38 bits per heavy atom. The van der Waals surface area contributed by atoms with E-state index >= 15 is 0 Å². The third kappa shape index (κ3) is 7.26. The zero-order valence-corrected chi connectivity index (χ0v) is 13.8. The number of hydrogen-bond acceptors (Lipinski definition) is 6. The molecule has 0 saturated heterocycles. The van der Waals surface area contributed by atoms with Gasteiger partial charge in [-0.3, -0.25) is 9.59 Å². The predicted molar refractivity (Wildman–Crippen MR) is 75.0 cm³/mol. The van der Waals surface area contributed by atoms with Crippen LogP contribution in [0.4, 0.5) is 26.3 Å². The highest BCUT2D eigenvalue weighted by atomic mass is 19.4. The summed E-state index contributed by atoms with van der Waals surface area (Å²) in [5.41, 5.74) is -0.328. The number of carboxylic acid groups (broad SMARTS) is 2. The Balaban J connectivity index is 2.85. The van der Waals surface area contributed by atoms with Gasteiger partial charge in [-0.05, 0) is 0 Å². The van der Waals surface area contributed by atoms with Crippen LogP contribution in [0.25, 0.3) is 0 Å². The SMILES string of the molecule is O=C(O)[C@H](Cc1cn(C[C@H](NC(=O)C(F)(F)F)C(=O)O)nn1)NC(=O)C(F)(F)F. The Labute approximate surface area is 155 Å². The lowest BCUT2D eigenvalue weighted by molar-refractivity contribution is -0.175. The van der Waals surface area contributed by atoms with E-state index in [1.165, 1.54) is 10.6 Å². The van der Waals surface area contributed by atoms with Crippen LogP contribution in [0.5, 0.6) is 0 Å². The number of carboxylic acids is 2. The maximum absolute atomic E-state index is 12.2. The van der Waals surface area contributed by atoms with Gasteiger partial charge in [0.15, 0.2) is 0 Å². The molecule has 0 fully saturated rings. The van der Waals surface area contributed by atoms with Crippen molar-refractivity contribution in [2.75, 3.05) is 0 Å². The summed E-state index contributed by atoms with van der Waals surface area (Å²) in [6, 6.07) is -4.17. The summed E-state index contributed by atoms with van der Waals surface area (Å²) < 4.78 is 73.9. The first kappa shape index (κ1) is 23.6. The highest BCUT2D eigenvalue weighted by Gasteiger charge is 2.42. The minimum atomic E-state index is -5.35. The molecule has 0 aromatic carbocycles. The molecule has 0 saturated carbocycles. The zero-order chi connectivity index (χ0) is 22.6. The van der Waals surface area contributed by atoms with Crippen molar-refractivity contribution in [3.63, 3.8) is 0 Å². The van der Waals surface area contributed by atoms with Gasteiger partial charge in [0.2, 0.25) is 0 Å². The van der Waals surface area contributed by atoms with E-state index in [0.29, 0.717) is 4.68 Å². The van der Waals surface area contributed by atoms with E-state index in [9.17, 15) is 45.5 Å². The summed E-state index contributed by atoms with van der Waals surface area (Å²) in [6.07, 6.45) is -10.7. The molecule has 1 aromatic rings. The number of nitrogens with zero attached hydrogens (tertiary/aromatic N) is 3. The van der Waals surface area contributed by atoms with Gasteiger partial charge >= 0.3 is 36.1 Å². The zero-order valence-electron chi connectivity index (χ0n) is 13.8. The fourth-order valence-corrected chi connectivity index (χ4v) is 1.78. The van der Waals surface area contributed by atoms with Gasteiger partial charge in [-0.2, -0.15) is 26.3 Å². The molecular weight excluding hydrogens is 424 g/mol. The molecule has 0 bridgehead atoms. The van der Waals surface area contributed by atoms with Gasteiger partial charge in [0.25, 0.3) is 0 Å². The Morgan fingerprint density at radius 1 is 0.931 bits per heavy atom. The van der Waals surface area contributed by atoms with Crippen LogP contribution in [0.15, 0.2) is 6.20 Å². The maximum atomic E-state index is 12.2. The van der Waals surface area contributed by atoms with E-state index in [2.05, 4.69) is 10.3 Å². The average Bonchev–Trinajstić information content (AvgIpc) is 2.98. The minimum absolute atomic E-state index is 0.328. The highest BCUT2D eigenvalue weighted by Crippen LogP contribution is 2.16. The smallest absolute Gasteiger partial charge is 0.471 e. The third-order valence-corrected chi connectivity index (χ3v) is 3.09. The van der Waals surface area contributed by atoms with Gasteiger partial charge in [0.1, 0.15) is 12.1 Å². The van der Waals surface area contributed by atoms with Crippen molar-refractivity contribution in [3.05, 3.63) is 11.9 Å². The maximum Gasteiger partial charge on any atom is 0.471 e. The molecule has 162 valence electrons. The summed E-state index contributed by atoms with van der Waals surface area (Å²) in [5.74, 6) is -8.78. The second-order valence-electron chi connectivity index (χ2n) is 5.36. The van der Waals surface area contributed by atoms with Crippen molar-refractivity contribution in [2.24, 2.45) is 0 Å². The van der Waals surface area contributed by atoms with E-state index in [1.54, 1.807) is 0 Å². The molecule has 0 aliphatic carbocycles. The molecular formula is C12H11F6N5O6. The van der Waals surface area contributed by atoms with Gasteiger partial charge in [-0.25, -0.2) is 14.3 Å². The largest absolute Gasteiger partial charge is 0.480 e. The van der Waals surface area contributed by atoms with Crippen molar-refractivity contribution in [3.8, 4) is 0 Å². The van der Waals surface area contributed by atoms with Crippen LogP contribution in [-0.4, -0.2) is 73.4 Å². The Bertz CT molecular complexity index is 728. The third-order valence-electron chi connectivity index (χ3n) is 3.09. The van der Waals surface area contributed by atoms with Crippen LogP contribution in [0.1, 0.15) is 5.69 Å². The van der Waals surface area contributed by atoms with Crippen LogP contribution in [0, 0.1) is 0 Å². The summed E-state index contributed by atoms with van der Waals surface area (Å²) in [5, 5.41) is 26.8. The molecule has 11 nitrogen and oxygen atoms in total. The highest BCUT2D eigenvalue weighted by molar-refractivity contribution is 5.87. The second kappa shape index (κ2) is 8.74.